The predicted molar refractivity (Wildman–Crippen MR) is 112 cm³/mol. The van der Waals surface area contributed by atoms with Crippen molar-refractivity contribution in [3.05, 3.63) is 65.3 Å². The lowest BCUT2D eigenvalue weighted by Crippen LogP contribution is -2.14. The number of fused-ring (bicyclic) bond motifs is 1. The molecule has 2 heterocycles. The van der Waals surface area contributed by atoms with Crippen LogP contribution in [-0.2, 0) is 10.0 Å². The third kappa shape index (κ3) is 3.36. The number of aryl methyl sites for hydroxylation is 2. The fourth-order valence-corrected chi connectivity index (χ4v) is 4.91. The first kappa shape index (κ1) is 18.5. The van der Waals surface area contributed by atoms with Gasteiger partial charge in [0.1, 0.15) is 10.6 Å². The molecule has 0 fully saturated rings. The molecule has 0 aliphatic heterocycles. The molecule has 6 nitrogen and oxygen atoms in total. The lowest BCUT2D eigenvalue weighted by atomic mass is 10.1. The first-order valence-electron chi connectivity index (χ1n) is 8.58. The fraction of sp³-hybridized carbons (Fsp3) is 0.150. The van der Waals surface area contributed by atoms with Crippen LogP contribution in [0.1, 0.15) is 11.1 Å². The van der Waals surface area contributed by atoms with Gasteiger partial charge in [0.05, 0.1) is 12.8 Å². The van der Waals surface area contributed by atoms with E-state index in [0.29, 0.717) is 11.4 Å². The number of thiazole rings is 1. The molecule has 0 saturated heterocycles. The number of hydrogen-bond donors (Lipinski definition) is 1. The summed E-state index contributed by atoms with van der Waals surface area (Å²) in [6, 6.07) is 10.5. The third-order valence-corrected chi connectivity index (χ3v) is 6.77. The number of benzene rings is 2. The average Bonchev–Trinajstić information content (AvgIpc) is 3.26. The van der Waals surface area contributed by atoms with Gasteiger partial charge in [-0.15, -0.1) is 11.3 Å². The first-order chi connectivity index (χ1) is 13.4. The van der Waals surface area contributed by atoms with Crippen LogP contribution in [0, 0.1) is 13.8 Å². The van der Waals surface area contributed by atoms with Crippen LogP contribution in [0.2, 0.25) is 0 Å². The summed E-state index contributed by atoms with van der Waals surface area (Å²) in [6.07, 6.45) is 3.90. The molecule has 0 unspecified atom stereocenters. The summed E-state index contributed by atoms with van der Waals surface area (Å²) in [5.74, 6) is 0.324. The zero-order valence-electron chi connectivity index (χ0n) is 15.6. The monoisotopic (exact) mass is 413 g/mol. The Bertz CT molecular complexity index is 1230. The van der Waals surface area contributed by atoms with Gasteiger partial charge in [-0.2, -0.15) is 0 Å². The topological polar surface area (TPSA) is 72.7 Å². The molecule has 0 bridgehead atoms. The van der Waals surface area contributed by atoms with Gasteiger partial charge in [0, 0.05) is 29.0 Å². The molecule has 28 heavy (non-hydrogen) atoms. The smallest absolute Gasteiger partial charge is 0.265 e. The minimum Gasteiger partial charge on any atom is -0.495 e. The molecule has 4 aromatic rings. The van der Waals surface area contributed by atoms with E-state index in [1.165, 1.54) is 7.11 Å². The highest BCUT2D eigenvalue weighted by Crippen LogP contribution is 2.30. The second-order valence-corrected chi connectivity index (χ2v) is 9.01. The number of rotatable bonds is 5. The Hall–Kier alpha value is -2.84. The van der Waals surface area contributed by atoms with Crippen molar-refractivity contribution < 1.29 is 13.2 Å². The molecular formula is C20H19N3O3S2. The summed E-state index contributed by atoms with van der Waals surface area (Å²) < 4.78 is 35.6. The van der Waals surface area contributed by atoms with Gasteiger partial charge in [0.25, 0.3) is 10.0 Å². The third-order valence-electron chi connectivity index (χ3n) is 4.60. The van der Waals surface area contributed by atoms with Crippen LogP contribution in [0.5, 0.6) is 5.75 Å². The highest BCUT2D eigenvalue weighted by atomic mass is 32.2. The minimum absolute atomic E-state index is 0.122. The Morgan fingerprint density at radius 2 is 1.82 bits per heavy atom. The fourth-order valence-electron chi connectivity index (χ4n) is 2.92. The zero-order chi connectivity index (χ0) is 19.9. The van der Waals surface area contributed by atoms with E-state index in [2.05, 4.69) is 9.71 Å². The predicted octanol–water partition coefficient (Wildman–Crippen LogP) is 4.49. The van der Waals surface area contributed by atoms with Crippen molar-refractivity contribution in [1.29, 1.82) is 0 Å². The summed E-state index contributed by atoms with van der Waals surface area (Å²) >= 11 is 1.57. The van der Waals surface area contributed by atoms with E-state index in [0.717, 1.165) is 27.3 Å². The standard InChI is InChI=1S/C20H19N3O3S2/c1-13-10-18(26-3)19(11-14(13)2)28(24,25)22-16-6-4-15(5-7-16)17-12-23-8-9-27-20(23)21-17/h4-12,22H,1-3H3. The first-order valence-corrected chi connectivity index (χ1v) is 10.9. The van der Waals surface area contributed by atoms with Gasteiger partial charge in [0.15, 0.2) is 4.96 Å². The lowest BCUT2D eigenvalue weighted by molar-refractivity contribution is 0.402. The van der Waals surface area contributed by atoms with Crippen LogP contribution in [0.4, 0.5) is 5.69 Å². The molecule has 0 amide bonds. The van der Waals surface area contributed by atoms with E-state index in [-0.39, 0.29) is 4.90 Å². The van der Waals surface area contributed by atoms with Crippen molar-refractivity contribution in [1.82, 2.24) is 9.38 Å². The molecule has 0 atom stereocenters. The number of anilines is 1. The quantitative estimate of drug-likeness (QED) is 0.523. The van der Waals surface area contributed by atoms with Gasteiger partial charge >= 0.3 is 0 Å². The number of sulfonamides is 1. The summed E-state index contributed by atoms with van der Waals surface area (Å²) in [4.78, 5) is 5.60. The molecule has 144 valence electrons. The van der Waals surface area contributed by atoms with Gasteiger partial charge in [0.2, 0.25) is 0 Å². The Morgan fingerprint density at radius 1 is 1.11 bits per heavy atom. The molecule has 0 aliphatic carbocycles. The minimum atomic E-state index is -3.78. The molecule has 0 radical (unpaired) electrons. The Kier molecular flexibility index (Phi) is 4.60. The van der Waals surface area contributed by atoms with E-state index in [1.54, 1.807) is 35.6 Å². The summed E-state index contributed by atoms with van der Waals surface area (Å²) in [5, 5.41) is 1.98. The molecule has 1 N–H and O–H groups in total. The highest BCUT2D eigenvalue weighted by molar-refractivity contribution is 7.92. The number of nitrogens with zero attached hydrogens (tertiary/aromatic N) is 2. The Morgan fingerprint density at radius 3 is 2.50 bits per heavy atom. The average molecular weight is 414 g/mol. The van der Waals surface area contributed by atoms with Crippen molar-refractivity contribution in [2.24, 2.45) is 0 Å². The van der Waals surface area contributed by atoms with Gasteiger partial charge in [-0.1, -0.05) is 12.1 Å². The summed E-state index contributed by atoms with van der Waals surface area (Å²) in [5.41, 5.74) is 4.10. The number of ether oxygens (including phenoxy) is 1. The zero-order valence-corrected chi connectivity index (χ0v) is 17.3. The number of methoxy groups -OCH3 is 1. The number of imidazole rings is 1. The van der Waals surface area contributed by atoms with E-state index in [1.807, 2.05) is 48.2 Å². The Labute approximate surface area is 167 Å². The second kappa shape index (κ2) is 6.96. The van der Waals surface area contributed by atoms with E-state index < -0.39 is 10.0 Å². The maximum Gasteiger partial charge on any atom is 0.265 e. The van der Waals surface area contributed by atoms with Crippen LogP contribution >= 0.6 is 11.3 Å². The summed E-state index contributed by atoms with van der Waals surface area (Å²) in [6.45, 7) is 3.79. The number of nitrogens with one attached hydrogen (secondary N) is 1. The van der Waals surface area contributed by atoms with Crippen LogP contribution in [0.25, 0.3) is 16.2 Å². The molecule has 2 aromatic heterocycles. The van der Waals surface area contributed by atoms with Crippen LogP contribution < -0.4 is 9.46 Å². The maximum absolute atomic E-state index is 12.9. The van der Waals surface area contributed by atoms with E-state index in [9.17, 15) is 8.42 Å². The van der Waals surface area contributed by atoms with Crippen molar-refractivity contribution in [2.75, 3.05) is 11.8 Å². The molecule has 0 aliphatic rings. The molecule has 8 heteroatoms. The van der Waals surface area contributed by atoms with E-state index >= 15 is 0 Å². The van der Waals surface area contributed by atoms with Crippen LogP contribution in [0.15, 0.2) is 59.1 Å². The highest BCUT2D eigenvalue weighted by Gasteiger charge is 2.21. The maximum atomic E-state index is 12.9. The van der Waals surface area contributed by atoms with E-state index in [4.69, 9.17) is 4.74 Å². The van der Waals surface area contributed by atoms with Crippen LogP contribution in [-0.4, -0.2) is 24.9 Å². The van der Waals surface area contributed by atoms with Crippen molar-refractivity contribution in [3.63, 3.8) is 0 Å². The van der Waals surface area contributed by atoms with Gasteiger partial charge in [-0.3, -0.25) is 9.12 Å². The van der Waals surface area contributed by atoms with Crippen molar-refractivity contribution >= 4 is 32.0 Å². The van der Waals surface area contributed by atoms with Gasteiger partial charge in [-0.25, -0.2) is 13.4 Å². The second-order valence-electron chi connectivity index (χ2n) is 6.49. The molecule has 0 saturated carbocycles. The largest absolute Gasteiger partial charge is 0.495 e. The van der Waals surface area contributed by atoms with Gasteiger partial charge in [-0.05, 0) is 49.2 Å². The van der Waals surface area contributed by atoms with Crippen molar-refractivity contribution in [2.45, 2.75) is 18.7 Å². The lowest BCUT2D eigenvalue weighted by Gasteiger charge is -2.14. The Balaban J connectivity index is 1.62. The molecule has 4 rings (SSSR count). The van der Waals surface area contributed by atoms with Gasteiger partial charge < -0.3 is 4.74 Å². The normalized spacial score (nSPS) is 11.7. The number of aromatic nitrogens is 2. The van der Waals surface area contributed by atoms with Crippen LogP contribution in [0.3, 0.4) is 0 Å². The van der Waals surface area contributed by atoms with Crippen molar-refractivity contribution in [3.8, 4) is 17.0 Å². The molecule has 0 spiro atoms. The SMILES string of the molecule is COc1cc(C)c(C)cc1S(=O)(=O)Nc1ccc(-c2cn3ccsc3n2)cc1. The molecule has 2 aromatic carbocycles. The summed E-state index contributed by atoms with van der Waals surface area (Å²) in [7, 11) is -2.31. The molecular weight excluding hydrogens is 394 g/mol. The number of hydrogen-bond acceptors (Lipinski definition) is 5.